The molecule has 0 amide bonds. The first-order chi connectivity index (χ1) is 11.3. The van der Waals surface area contributed by atoms with Crippen molar-refractivity contribution in [3.05, 3.63) is 0 Å². The van der Waals surface area contributed by atoms with Gasteiger partial charge in [-0.1, -0.05) is 13.8 Å². The first kappa shape index (κ1) is 16.6. The van der Waals surface area contributed by atoms with Crippen molar-refractivity contribution in [2.75, 3.05) is 0 Å². The number of hydrogen-bond acceptors (Lipinski definition) is 2. The van der Waals surface area contributed by atoms with Gasteiger partial charge in [0.25, 0.3) is 0 Å². The van der Waals surface area contributed by atoms with E-state index in [0.29, 0.717) is 35.4 Å². The summed E-state index contributed by atoms with van der Waals surface area (Å²) in [6, 6.07) is 0. The van der Waals surface area contributed by atoms with Gasteiger partial charge >= 0.3 is 5.97 Å². The fraction of sp³-hybridized carbons (Fsp3) is 0.905. The molecule has 0 aliphatic heterocycles. The Bertz CT molecular complexity index is 555. The molecule has 4 saturated carbocycles. The first-order valence-corrected chi connectivity index (χ1v) is 10.1. The van der Waals surface area contributed by atoms with Crippen LogP contribution in [0.1, 0.15) is 78.1 Å². The highest BCUT2D eigenvalue weighted by Gasteiger charge is 2.60. The summed E-state index contributed by atoms with van der Waals surface area (Å²) >= 11 is 0. The zero-order valence-electron chi connectivity index (χ0n) is 15.2. The van der Waals surface area contributed by atoms with E-state index in [0.717, 1.165) is 43.9 Å². The summed E-state index contributed by atoms with van der Waals surface area (Å²) in [6.07, 6.45) is 10.6. The van der Waals surface area contributed by atoms with E-state index in [1.807, 2.05) is 0 Å². The van der Waals surface area contributed by atoms with Gasteiger partial charge in [0, 0.05) is 18.3 Å². The Morgan fingerprint density at radius 3 is 2.62 bits per heavy atom. The average molecular weight is 332 g/mol. The summed E-state index contributed by atoms with van der Waals surface area (Å²) in [5.41, 5.74) is 0.371. The molecular weight excluding hydrogens is 300 g/mol. The molecule has 0 unspecified atom stereocenters. The van der Waals surface area contributed by atoms with Crippen molar-refractivity contribution in [3.63, 3.8) is 0 Å². The molecule has 24 heavy (non-hydrogen) atoms. The predicted molar refractivity (Wildman–Crippen MR) is 92.5 cm³/mol. The van der Waals surface area contributed by atoms with E-state index in [1.165, 1.54) is 25.7 Å². The summed E-state index contributed by atoms with van der Waals surface area (Å²) in [5, 5.41) is 9.14. The summed E-state index contributed by atoms with van der Waals surface area (Å²) in [4.78, 5) is 23.6. The molecule has 3 heteroatoms. The van der Waals surface area contributed by atoms with Gasteiger partial charge in [-0.15, -0.1) is 0 Å². The van der Waals surface area contributed by atoms with E-state index in [1.54, 1.807) is 0 Å². The summed E-state index contributed by atoms with van der Waals surface area (Å²) in [5.74, 6) is 3.13. The maximum atomic E-state index is 12.5. The predicted octanol–water partition coefficient (Wildman–Crippen LogP) is 4.69. The van der Waals surface area contributed by atoms with Gasteiger partial charge in [0.05, 0.1) is 0 Å². The molecule has 1 N–H and O–H groups in total. The third-order valence-electron chi connectivity index (χ3n) is 8.95. The number of ketones is 1. The number of carbonyl (C=O) groups is 2. The Morgan fingerprint density at radius 1 is 1.08 bits per heavy atom. The molecule has 0 bridgehead atoms. The molecule has 0 heterocycles. The van der Waals surface area contributed by atoms with Crippen LogP contribution >= 0.6 is 0 Å². The second-order valence-electron chi connectivity index (χ2n) is 9.81. The molecule has 4 aliphatic rings. The summed E-state index contributed by atoms with van der Waals surface area (Å²) in [6.45, 7) is 4.76. The Hall–Kier alpha value is -0.860. The minimum Gasteiger partial charge on any atom is -0.481 e. The Kier molecular flexibility index (Phi) is 3.85. The van der Waals surface area contributed by atoms with Gasteiger partial charge in [-0.05, 0) is 86.4 Å². The number of hydrogen-bond donors (Lipinski definition) is 1. The Morgan fingerprint density at radius 2 is 1.88 bits per heavy atom. The molecule has 0 aromatic carbocycles. The fourth-order valence-electron chi connectivity index (χ4n) is 7.55. The van der Waals surface area contributed by atoms with Gasteiger partial charge in [-0.3, -0.25) is 9.59 Å². The van der Waals surface area contributed by atoms with E-state index in [-0.39, 0.29) is 5.41 Å². The average Bonchev–Trinajstić information content (AvgIpc) is 2.83. The molecule has 0 aromatic heterocycles. The zero-order chi connectivity index (χ0) is 17.1. The number of aliphatic carboxylic acids is 1. The highest BCUT2D eigenvalue weighted by atomic mass is 16.4. The summed E-state index contributed by atoms with van der Waals surface area (Å²) in [7, 11) is 0. The number of fused-ring (bicyclic) bond motifs is 5. The molecule has 0 saturated heterocycles. The van der Waals surface area contributed by atoms with Crippen LogP contribution in [0.15, 0.2) is 0 Å². The van der Waals surface area contributed by atoms with E-state index >= 15 is 0 Å². The second kappa shape index (κ2) is 5.57. The van der Waals surface area contributed by atoms with E-state index in [9.17, 15) is 9.59 Å². The SMILES string of the molecule is C[C@]12CC[C@@H](CC(=O)O)C[C@H]1CC[C@@H]1[C@@H]2CC[C@]2(C)C(=O)CC[C@@H]12. The van der Waals surface area contributed by atoms with Gasteiger partial charge in [0.2, 0.25) is 0 Å². The normalized spacial score (nSPS) is 50.8. The molecule has 7 atom stereocenters. The largest absolute Gasteiger partial charge is 0.481 e. The lowest BCUT2D eigenvalue weighted by Crippen LogP contribution is -2.53. The first-order valence-electron chi connectivity index (χ1n) is 10.1. The number of carboxylic acid groups (broad SMARTS) is 1. The molecule has 4 rings (SSSR count). The topological polar surface area (TPSA) is 54.4 Å². The third-order valence-corrected chi connectivity index (χ3v) is 8.95. The van der Waals surface area contributed by atoms with Crippen molar-refractivity contribution in [2.24, 2.45) is 40.4 Å². The van der Waals surface area contributed by atoms with Crippen LogP contribution in [-0.4, -0.2) is 16.9 Å². The van der Waals surface area contributed by atoms with Gasteiger partial charge in [-0.25, -0.2) is 0 Å². The minimum atomic E-state index is -0.629. The van der Waals surface area contributed by atoms with E-state index < -0.39 is 5.97 Å². The lowest BCUT2D eigenvalue weighted by Gasteiger charge is -2.60. The minimum absolute atomic E-state index is 0.0229. The monoisotopic (exact) mass is 332 g/mol. The molecule has 0 radical (unpaired) electrons. The molecule has 4 fully saturated rings. The smallest absolute Gasteiger partial charge is 0.303 e. The highest BCUT2D eigenvalue weighted by Crippen LogP contribution is 2.65. The highest BCUT2D eigenvalue weighted by molar-refractivity contribution is 5.87. The van der Waals surface area contributed by atoms with Crippen molar-refractivity contribution in [3.8, 4) is 0 Å². The van der Waals surface area contributed by atoms with Crippen LogP contribution in [0.3, 0.4) is 0 Å². The quantitative estimate of drug-likeness (QED) is 0.798. The number of carbonyl (C=O) groups excluding carboxylic acids is 1. The van der Waals surface area contributed by atoms with Crippen molar-refractivity contribution in [1.82, 2.24) is 0 Å². The lowest BCUT2D eigenvalue weighted by molar-refractivity contribution is -0.143. The standard InChI is InChI=1S/C21H32O3/c1-20-9-7-13(12-19(23)24)11-14(20)3-4-15-16-5-6-18(22)21(16,2)10-8-17(15)20/h13-17H,3-12H2,1-2H3,(H,23,24)/t13-,14-,15+,16+,17+,20+,21+/m1/s1. The van der Waals surface area contributed by atoms with Gasteiger partial charge in [0.15, 0.2) is 0 Å². The van der Waals surface area contributed by atoms with Crippen molar-refractivity contribution in [2.45, 2.75) is 78.1 Å². The molecule has 0 aromatic rings. The van der Waals surface area contributed by atoms with Crippen molar-refractivity contribution >= 4 is 11.8 Å². The Labute approximate surface area is 145 Å². The second-order valence-corrected chi connectivity index (χ2v) is 9.81. The maximum Gasteiger partial charge on any atom is 0.303 e. The van der Waals surface area contributed by atoms with Crippen LogP contribution in [0.4, 0.5) is 0 Å². The fourth-order valence-corrected chi connectivity index (χ4v) is 7.55. The zero-order valence-corrected chi connectivity index (χ0v) is 15.2. The Balaban J connectivity index is 1.54. The number of Topliss-reactive ketones (excluding diaryl/α,β-unsaturated/α-hetero) is 1. The maximum absolute atomic E-state index is 12.5. The molecular formula is C21H32O3. The number of rotatable bonds is 2. The van der Waals surface area contributed by atoms with Gasteiger partial charge in [0.1, 0.15) is 5.78 Å². The van der Waals surface area contributed by atoms with Crippen LogP contribution in [0.5, 0.6) is 0 Å². The molecule has 4 aliphatic carbocycles. The van der Waals surface area contributed by atoms with Crippen molar-refractivity contribution < 1.29 is 14.7 Å². The summed E-state index contributed by atoms with van der Waals surface area (Å²) < 4.78 is 0. The van der Waals surface area contributed by atoms with Crippen LogP contribution in [0.2, 0.25) is 0 Å². The number of carboxylic acids is 1. The lowest BCUT2D eigenvalue weighted by atomic mass is 9.44. The van der Waals surface area contributed by atoms with E-state index in [2.05, 4.69) is 13.8 Å². The van der Waals surface area contributed by atoms with Crippen LogP contribution in [-0.2, 0) is 9.59 Å². The van der Waals surface area contributed by atoms with Crippen LogP contribution < -0.4 is 0 Å². The van der Waals surface area contributed by atoms with Gasteiger partial charge < -0.3 is 5.11 Å². The molecule has 134 valence electrons. The van der Waals surface area contributed by atoms with E-state index in [4.69, 9.17) is 5.11 Å². The molecule has 0 spiro atoms. The third kappa shape index (κ3) is 2.29. The van der Waals surface area contributed by atoms with Crippen molar-refractivity contribution in [1.29, 1.82) is 0 Å². The van der Waals surface area contributed by atoms with Crippen LogP contribution in [0, 0.1) is 40.4 Å². The molecule has 3 nitrogen and oxygen atoms in total. The van der Waals surface area contributed by atoms with Gasteiger partial charge in [-0.2, -0.15) is 0 Å². The van der Waals surface area contributed by atoms with Crippen LogP contribution in [0.25, 0.3) is 0 Å².